The van der Waals surface area contributed by atoms with Crippen molar-refractivity contribution in [2.24, 2.45) is 0 Å². The lowest BCUT2D eigenvalue weighted by Gasteiger charge is -2.36. The molecule has 1 N–H and O–H groups in total. The fourth-order valence-corrected chi connectivity index (χ4v) is 5.15. The summed E-state index contributed by atoms with van der Waals surface area (Å²) < 4.78 is 27.4. The van der Waals surface area contributed by atoms with Gasteiger partial charge in [-0.3, -0.25) is 9.69 Å². The van der Waals surface area contributed by atoms with E-state index in [4.69, 9.17) is 0 Å². The Labute approximate surface area is 155 Å². The van der Waals surface area contributed by atoms with Crippen LogP contribution >= 0.6 is 0 Å². The number of carbonyl (C=O) groups excluding carboxylic acids is 1. The van der Waals surface area contributed by atoms with E-state index in [1.807, 2.05) is 24.0 Å². The highest BCUT2D eigenvalue weighted by molar-refractivity contribution is 7.89. The van der Waals surface area contributed by atoms with Gasteiger partial charge < -0.3 is 5.32 Å². The first-order chi connectivity index (χ1) is 12.4. The van der Waals surface area contributed by atoms with Gasteiger partial charge in [-0.2, -0.15) is 4.31 Å². The summed E-state index contributed by atoms with van der Waals surface area (Å²) in [6.07, 6.45) is 4.75. The number of nitrogens with zero attached hydrogens (tertiary/aromatic N) is 2. The smallest absolute Gasteiger partial charge is 0.243 e. The van der Waals surface area contributed by atoms with Crippen molar-refractivity contribution in [2.75, 3.05) is 32.7 Å². The third-order valence-corrected chi connectivity index (χ3v) is 7.22. The predicted molar refractivity (Wildman–Crippen MR) is 101 cm³/mol. The van der Waals surface area contributed by atoms with Gasteiger partial charge in [0.05, 0.1) is 10.9 Å². The molecule has 1 saturated heterocycles. The average Bonchev–Trinajstić information content (AvgIpc) is 3.13. The Balaban J connectivity index is 1.63. The maximum atomic E-state index is 13.0. The van der Waals surface area contributed by atoms with Crippen LogP contribution in [0.3, 0.4) is 0 Å². The zero-order valence-corrected chi connectivity index (χ0v) is 16.1. The van der Waals surface area contributed by atoms with Crippen LogP contribution in [0.4, 0.5) is 0 Å². The molecule has 1 atom stereocenters. The van der Waals surface area contributed by atoms with E-state index in [0.29, 0.717) is 37.6 Å². The standard InChI is InChI=1S/C19H27N3O3S/c1-3-9-20-19(23)15(2)21-10-12-22(13-11-21)26(24,25)18-8-7-16-5-4-6-17(16)14-18/h3,7-8,14-15H,1,4-6,9-13H2,2H3,(H,20,23)/t15-/m0/s1. The molecule has 1 aromatic rings. The fourth-order valence-electron chi connectivity index (χ4n) is 3.68. The van der Waals surface area contributed by atoms with E-state index < -0.39 is 10.0 Å². The number of nitrogens with one attached hydrogen (secondary N) is 1. The van der Waals surface area contributed by atoms with Gasteiger partial charge in [0, 0.05) is 32.7 Å². The first-order valence-electron chi connectivity index (χ1n) is 9.18. The molecule has 1 aromatic carbocycles. The van der Waals surface area contributed by atoms with Gasteiger partial charge >= 0.3 is 0 Å². The highest BCUT2D eigenvalue weighted by atomic mass is 32.2. The maximum absolute atomic E-state index is 13.0. The second-order valence-corrected chi connectivity index (χ2v) is 8.87. The van der Waals surface area contributed by atoms with Crippen LogP contribution in [0.5, 0.6) is 0 Å². The van der Waals surface area contributed by atoms with Crippen molar-refractivity contribution >= 4 is 15.9 Å². The van der Waals surface area contributed by atoms with E-state index in [-0.39, 0.29) is 11.9 Å². The molecule has 0 spiro atoms. The highest BCUT2D eigenvalue weighted by Gasteiger charge is 2.32. The largest absolute Gasteiger partial charge is 0.351 e. The van der Waals surface area contributed by atoms with Crippen molar-refractivity contribution in [2.45, 2.75) is 37.1 Å². The van der Waals surface area contributed by atoms with Gasteiger partial charge in [-0.25, -0.2) is 8.42 Å². The minimum Gasteiger partial charge on any atom is -0.351 e. The molecule has 6 nitrogen and oxygen atoms in total. The molecular weight excluding hydrogens is 350 g/mol. The number of rotatable bonds is 6. The van der Waals surface area contributed by atoms with Crippen molar-refractivity contribution in [3.63, 3.8) is 0 Å². The van der Waals surface area contributed by atoms with Crippen LogP contribution < -0.4 is 5.32 Å². The molecule has 1 fully saturated rings. The lowest BCUT2D eigenvalue weighted by molar-refractivity contribution is -0.126. The summed E-state index contributed by atoms with van der Waals surface area (Å²) in [5.41, 5.74) is 2.44. The number of carbonyl (C=O) groups is 1. The molecule has 1 aliphatic heterocycles. The summed E-state index contributed by atoms with van der Waals surface area (Å²) in [5, 5.41) is 2.79. The molecule has 2 aliphatic rings. The fraction of sp³-hybridized carbons (Fsp3) is 0.526. The van der Waals surface area contributed by atoms with E-state index in [1.165, 1.54) is 9.87 Å². The van der Waals surface area contributed by atoms with Crippen LogP contribution in [0.25, 0.3) is 0 Å². The molecule has 0 unspecified atom stereocenters. The molecule has 0 radical (unpaired) electrons. The van der Waals surface area contributed by atoms with Crippen LogP contribution in [0.15, 0.2) is 35.7 Å². The predicted octanol–water partition coefficient (Wildman–Crippen LogP) is 1.17. The van der Waals surface area contributed by atoms with Crippen molar-refractivity contribution in [3.8, 4) is 0 Å². The first-order valence-corrected chi connectivity index (χ1v) is 10.6. The van der Waals surface area contributed by atoms with Crippen LogP contribution in [0, 0.1) is 0 Å². The van der Waals surface area contributed by atoms with E-state index in [1.54, 1.807) is 12.1 Å². The Morgan fingerprint density at radius 1 is 1.23 bits per heavy atom. The third-order valence-electron chi connectivity index (χ3n) is 5.33. The van der Waals surface area contributed by atoms with E-state index in [0.717, 1.165) is 24.8 Å². The second kappa shape index (κ2) is 7.90. The Kier molecular flexibility index (Phi) is 5.79. The Morgan fingerprint density at radius 2 is 1.92 bits per heavy atom. The van der Waals surface area contributed by atoms with Crippen molar-refractivity contribution in [3.05, 3.63) is 42.0 Å². The minimum absolute atomic E-state index is 0.0557. The highest BCUT2D eigenvalue weighted by Crippen LogP contribution is 2.26. The van der Waals surface area contributed by atoms with E-state index in [2.05, 4.69) is 11.9 Å². The normalized spacial score (nSPS) is 19.7. The molecular formula is C19H27N3O3S. The number of hydrogen-bond acceptors (Lipinski definition) is 4. The van der Waals surface area contributed by atoms with Gasteiger partial charge in [0.1, 0.15) is 0 Å². The second-order valence-electron chi connectivity index (χ2n) is 6.93. The number of benzene rings is 1. The lowest BCUT2D eigenvalue weighted by atomic mass is 10.1. The van der Waals surface area contributed by atoms with Gasteiger partial charge in [-0.1, -0.05) is 12.1 Å². The maximum Gasteiger partial charge on any atom is 0.243 e. The molecule has 3 rings (SSSR count). The third kappa shape index (κ3) is 3.84. The van der Waals surface area contributed by atoms with Crippen molar-refractivity contribution < 1.29 is 13.2 Å². The van der Waals surface area contributed by atoms with Gasteiger partial charge in [0.15, 0.2) is 0 Å². The van der Waals surface area contributed by atoms with E-state index >= 15 is 0 Å². The monoisotopic (exact) mass is 377 g/mol. The average molecular weight is 378 g/mol. The number of amides is 1. The molecule has 1 aliphatic carbocycles. The molecule has 7 heteroatoms. The number of sulfonamides is 1. The summed E-state index contributed by atoms with van der Waals surface area (Å²) in [4.78, 5) is 14.5. The summed E-state index contributed by atoms with van der Waals surface area (Å²) in [7, 11) is -3.47. The Bertz CT molecular complexity index is 783. The molecule has 1 heterocycles. The molecule has 0 saturated carbocycles. The van der Waals surface area contributed by atoms with Gasteiger partial charge in [-0.15, -0.1) is 6.58 Å². The zero-order valence-electron chi connectivity index (χ0n) is 15.3. The molecule has 142 valence electrons. The van der Waals surface area contributed by atoms with Crippen LogP contribution in [-0.4, -0.2) is 62.3 Å². The Hall–Kier alpha value is -1.70. The van der Waals surface area contributed by atoms with Gasteiger partial charge in [0.2, 0.25) is 15.9 Å². The minimum atomic E-state index is -3.47. The molecule has 26 heavy (non-hydrogen) atoms. The first kappa shape index (κ1) is 19.1. The topological polar surface area (TPSA) is 69.7 Å². The van der Waals surface area contributed by atoms with Crippen molar-refractivity contribution in [1.29, 1.82) is 0 Å². The summed E-state index contributed by atoms with van der Waals surface area (Å²) in [5.74, 6) is -0.0557. The summed E-state index contributed by atoms with van der Waals surface area (Å²) >= 11 is 0. The van der Waals surface area contributed by atoms with Crippen LogP contribution in [0.1, 0.15) is 24.5 Å². The Morgan fingerprint density at radius 3 is 2.62 bits per heavy atom. The summed E-state index contributed by atoms with van der Waals surface area (Å²) in [6.45, 7) is 7.78. The number of aryl methyl sites for hydroxylation is 2. The number of piperazine rings is 1. The molecule has 0 aromatic heterocycles. The number of hydrogen-bond donors (Lipinski definition) is 1. The lowest BCUT2D eigenvalue weighted by Crippen LogP contribution is -2.54. The molecule has 0 bridgehead atoms. The van der Waals surface area contributed by atoms with Crippen LogP contribution in [-0.2, 0) is 27.7 Å². The van der Waals surface area contributed by atoms with Crippen molar-refractivity contribution in [1.82, 2.24) is 14.5 Å². The molecule has 1 amide bonds. The summed E-state index contributed by atoms with van der Waals surface area (Å²) in [6, 6.07) is 5.25. The quantitative estimate of drug-likeness (QED) is 0.756. The SMILES string of the molecule is C=CCNC(=O)[C@H](C)N1CCN(S(=O)(=O)c2ccc3c(c2)CCC3)CC1. The van der Waals surface area contributed by atoms with Gasteiger partial charge in [0.25, 0.3) is 0 Å². The van der Waals surface area contributed by atoms with Crippen LogP contribution in [0.2, 0.25) is 0 Å². The zero-order chi connectivity index (χ0) is 18.7. The van der Waals surface area contributed by atoms with E-state index in [9.17, 15) is 13.2 Å². The van der Waals surface area contributed by atoms with Gasteiger partial charge in [-0.05, 0) is 49.4 Å². The number of fused-ring (bicyclic) bond motifs is 1.